The van der Waals surface area contributed by atoms with E-state index in [9.17, 15) is 0 Å². The van der Waals surface area contributed by atoms with Crippen molar-refractivity contribution in [3.8, 4) is 12.3 Å². The lowest BCUT2D eigenvalue weighted by molar-refractivity contribution is 1.82. The molecule has 0 N–H and O–H groups in total. The molecule has 0 saturated heterocycles. The van der Waals surface area contributed by atoms with Crippen molar-refractivity contribution in [1.82, 2.24) is 0 Å². The first-order chi connectivity index (χ1) is 2.91. The van der Waals surface area contributed by atoms with Crippen molar-refractivity contribution in [2.24, 2.45) is 0 Å². The number of terminal acetylenes is 1. The molecule has 0 atom stereocenters. The van der Waals surface area contributed by atoms with Gasteiger partial charge >= 0.3 is 0 Å². The fourth-order valence-electron chi connectivity index (χ4n) is 0.113. The van der Waals surface area contributed by atoms with Crippen LogP contribution in [-0.2, 0) is 0 Å². The van der Waals surface area contributed by atoms with Crippen LogP contribution in [0.3, 0.4) is 0 Å². The summed E-state index contributed by atoms with van der Waals surface area (Å²) in [5.41, 5.74) is 0. The predicted octanol–water partition coefficient (Wildman–Crippen LogP) is 1.57. The molecule has 0 nitrogen and oxygen atoms in total. The monoisotopic (exact) mass is 144 g/mol. The van der Waals surface area contributed by atoms with Crippen molar-refractivity contribution >= 4 is 15.9 Å². The van der Waals surface area contributed by atoms with Gasteiger partial charge in [-0.15, -0.1) is 6.42 Å². The molecule has 0 aliphatic carbocycles. The molecule has 0 rings (SSSR count). The van der Waals surface area contributed by atoms with E-state index < -0.39 is 0 Å². The van der Waals surface area contributed by atoms with Crippen LogP contribution in [-0.4, -0.2) is 5.33 Å². The Labute approximate surface area is 46.4 Å². The second-order valence-electron chi connectivity index (χ2n) is 0.723. The molecule has 0 fully saturated rings. The molecule has 0 saturated carbocycles. The molecule has 0 aromatic rings. The highest BCUT2D eigenvalue weighted by Crippen LogP contribution is 1.78. The molecule has 0 spiro atoms. The smallest absolute Gasteiger partial charge is 0.0221 e. The Bertz CT molecular complexity index is 76.4. The number of allylic oxidation sites excluding steroid dienone is 2. The molecule has 0 aromatic carbocycles. The summed E-state index contributed by atoms with van der Waals surface area (Å²) in [6.45, 7) is 0. The van der Waals surface area contributed by atoms with Gasteiger partial charge in [0.2, 0.25) is 0 Å². The molecule has 0 aliphatic rings. The molecule has 0 heterocycles. The summed E-state index contributed by atoms with van der Waals surface area (Å²) in [6, 6.07) is 0. The highest BCUT2D eigenvalue weighted by atomic mass is 79.9. The standard InChI is InChI=1S/C5H5Br/c1-2-3-4-5-6/h1,3-4H,5H2/b4-3-. The van der Waals surface area contributed by atoms with Crippen molar-refractivity contribution in [2.75, 3.05) is 5.33 Å². The maximum Gasteiger partial charge on any atom is 0.0221 e. The number of halogens is 1. The van der Waals surface area contributed by atoms with Gasteiger partial charge in [0.15, 0.2) is 0 Å². The second kappa shape index (κ2) is 4.78. The Morgan fingerprint density at radius 1 is 1.83 bits per heavy atom. The Hall–Kier alpha value is -0.220. The first-order valence-electron chi connectivity index (χ1n) is 1.59. The van der Waals surface area contributed by atoms with E-state index in [0.717, 1.165) is 5.33 Å². The fraction of sp³-hybridized carbons (Fsp3) is 0.200. The van der Waals surface area contributed by atoms with Crippen LogP contribution in [0.1, 0.15) is 0 Å². The van der Waals surface area contributed by atoms with Crippen LogP contribution in [0, 0.1) is 12.3 Å². The quantitative estimate of drug-likeness (QED) is 0.388. The zero-order chi connectivity index (χ0) is 4.83. The van der Waals surface area contributed by atoms with Crippen molar-refractivity contribution in [3.05, 3.63) is 12.2 Å². The van der Waals surface area contributed by atoms with E-state index in [4.69, 9.17) is 6.42 Å². The van der Waals surface area contributed by atoms with Crippen molar-refractivity contribution < 1.29 is 0 Å². The minimum absolute atomic E-state index is 0.844. The first-order valence-corrected chi connectivity index (χ1v) is 2.71. The topological polar surface area (TPSA) is 0 Å². The van der Waals surface area contributed by atoms with E-state index in [1.807, 2.05) is 6.08 Å². The number of hydrogen-bond acceptors (Lipinski definition) is 0. The van der Waals surface area contributed by atoms with Gasteiger partial charge in [0.25, 0.3) is 0 Å². The molecule has 0 aromatic heterocycles. The van der Waals surface area contributed by atoms with E-state index in [2.05, 4.69) is 21.9 Å². The van der Waals surface area contributed by atoms with Crippen molar-refractivity contribution in [3.63, 3.8) is 0 Å². The molecular formula is C5H5Br. The van der Waals surface area contributed by atoms with Gasteiger partial charge < -0.3 is 0 Å². The molecule has 32 valence electrons. The highest BCUT2D eigenvalue weighted by molar-refractivity contribution is 9.09. The predicted molar refractivity (Wildman–Crippen MR) is 31.8 cm³/mol. The number of rotatable bonds is 1. The van der Waals surface area contributed by atoms with Crippen LogP contribution >= 0.6 is 15.9 Å². The molecule has 0 radical (unpaired) electrons. The first kappa shape index (κ1) is 5.78. The summed E-state index contributed by atoms with van der Waals surface area (Å²) in [5, 5.41) is 0.844. The summed E-state index contributed by atoms with van der Waals surface area (Å²) >= 11 is 3.17. The molecule has 0 unspecified atom stereocenters. The van der Waals surface area contributed by atoms with Crippen molar-refractivity contribution in [1.29, 1.82) is 0 Å². The zero-order valence-electron chi connectivity index (χ0n) is 3.32. The summed E-state index contributed by atoms with van der Waals surface area (Å²) < 4.78 is 0. The van der Waals surface area contributed by atoms with Crippen LogP contribution in [0.15, 0.2) is 12.2 Å². The summed E-state index contributed by atoms with van der Waals surface area (Å²) in [4.78, 5) is 0. The van der Waals surface area contributed by atoms with E-state index in [1.165, 1.54) is 0 Å². The Morgan fingerprint density at radius 3 is 2.67 bits per heavy atom. The van der Waals surface area contributed by atoms with Gasteiger partial charge in [-0.25, -0.2) is 0 Å². The minimum Gasteiger partial charge on any atom is -0.115 e. The molecule has 0 amide bonds. The van der Waals surface area contributed by atoms with Crippen LogP contribution in [0.25, 0.3) is 0 Å². The second-order valence-corrected chi connectivity index (χ2v) is 1.37. The molecule has 6 heavy (non-hydrogen) atoms. The minimum atomic E-state index is 0.844. The van der Waals surface area contributed by atoms with Gasteiger partial charge in [-0.1, -0.05) is 27.9 Å². The zero-order valence-corrected chi connectivity index (χ0v) is 4.90. The number of alkyl halides is 1. The SMILES string of the molecule is C#C/C=C\CBr. The van der Waals surface area contributed by atoms with Gasteiger partial charge in [-0.2, -0.15) is 0 Å². The summed E-state index contributed by atoms with van der Waals surface area (Å²) in [6.07, 6.45) is 8.38. The summed E-state index contributed by atoms with van der Waals surface area (Å²) in [7, 11) is 0. The van der Waals surface area contributed by atoms with Crippen LogP contribution in [0.4, 0.5) is 0 Å². The lowest BCUT2D eigenvalue weighted by atomic mass is 10.6. The lowest BCUT2D eigenvalue weighted by Crippen LogP contribution is -1.52. The van der Waals surface area contributed by atoms with E-state index in [-0.39, 0.29) is 0 Å². The van der Waals surface area contributed by atoms with Gasteiger partial charge in [-0.05, 0) is 6.08 Å². The maximum absolute atomic E-state index is 4.86. The van der Waals surface area contributed by atoms with Gasteiger partial charge in [0.1, 0.15) is 0 Å². The van der Waals surface area contributed by atoms with Crippen molar-refractivity contribution in [2.45, 2.75) is 0 Å². The van der Waals surface area contributed by atoms with E-state index >= 15 is 0 Å². The number of hydrogen-bond donors (Lipinski definition) is 0. The van der Waals surface area contributed by atoms with Crippen LogP contribution < -0.4 is 0 Å². The average molecular weight is 145 g/mol. The lowest BCUT2D eigenvalue weighted by Gasteiger charge is -1.63. The van der Waals surface area contributed by atoms with Gasteiger partial charge in [-0.3, -0.25) is 0 Å². The Kier molecular flexibility index (Phi) is 4.60. The Morgan fingerprint density at radius 2 is 2.50 bits per heavy atom. The normalized spacial score (nSPS) is 8.67. The Balaban J connectivity index is 3.02. The average Bonchev–Trinajstić information content (AvgIpc) is 1.61. The summed E-state index contributed by atoms with van der Waals surface area (Å²) in [5.74, 6) is 2.36. The molecule has 0 aliphatic heterocycles. The third-order valence-electron chi connectivity index (χ3n) is 0.303. The van der Waals surface area contributed by atoms with Gasteiger partial charge in [0.05, 0.1) is 0 Å². The van der Waals surface area contributed by atoms with E-state index in [1.54, 1.807) is 6.08 Å². The fourth-order valence-corrected chi connectivity index (χ4v) is 0.299. The molecule has 0 bridgehead atoms. The third kappa shape index (κ3) is 3.78. The third-order valence-corrected chi connectivity index (χ3v) is 0.677. The maximum atomic E-state index is 4.86. The van der Waals surface area contributed by atoms with Crippen LogP contribution in [0.5, 0.6) is 0 Å². The highest BCUT2D eigenvalue weighted by Gasteiger charge is 1.57. The molecular weight excluding hydrogens is 140 g/mol. The van der Waals surface area contributed by atoms with Crippen LogP contribution in [0.2, 0.25) is 0 Å². The largest absolute Gasteiger partial charge is 0.115 e. The van der Waals surface area contributed by atoms with Gasteiger partial charge in [0, 0.05) is 5.33 Å². The van der Waals surface area contributed by atoms with E-state index in [0.29, 0.717) is 0 Å². The molecule has 1 heteroatoms.